The Bertz CT molecular complexity index is 527. The molecule has 0 saturated carbocycles. The van der Waals surface area contributed by atoms with Gasteiger partial charge in [-0.05, 0) is 18.1 Å². The maximum atomic E-state index is 8.76. The number of pyridine rings is 1. The van der Waals surface area contributed by atoms with Crippen LogP contribution in [-0.2, 0) is 6.54 Å². The van der Waals surface area contributed by atoms with Gasteiger partial charge in [-0.2, -0.15) is 5.26 Å². The third kappa shape index (κ3) is 3.32. The molecule has 0 fully saturated rings. The minimum atomic E-state index is 0.433. The molecule has 0 bridgehead atoms. The number of nitrogens with one attached hydrogen (secondary N) is 1. The predicted molar refractivity (Wildman–Crippen MR) is 68.8 cm³/mol. The van der Waals surface area contributed by atoms with Gasteiger partial charge in [0.1, 0.15) is 17.6 Å². The van der Waals surface area contributed by atoms with E-state index in [0.29, 0.717) is 11.6 Å². The lowest BCUT2D eigenvalue weighted by molar-refractivity contribution is 0.502. The highest BCUT2D eigenvalue weighted by atomic mass is 15.0. The van der Waals surface area contributed by atoms with Crippen LogP contribution in [0.1, 0.15) is 12.6 Å². The van der Waals surface area contributed by atoms with Gasteiger partial charge in [-0.1, -0.05) is 13.0 Å². The van der Waals surface area contributed by atoms with Crippen molar-refractivity contribution in [3.63, 3.8) is 0 Å². The minimum Gasteiger partial charge on any atom is -0.370 e. The largest absolute Gasteiger partial charge is 0.370 e. The van der Waals surface area contributed by atoms with Crippen LogP contribution in [0.5, 0.6) is 0 Å². The fourth-order valence-electron chi connectivity index (χ4n) is 1.69. The lowest BCUT2D eigenvalue weighted by atomic mass is 10.2. The molecule has 2 aromatic heterocycles. The Morgan fingerprint density at radius 3 is 3.11 bits per heavy atom. The van der Waals surface area contributed by atoms with Crippen LogP contribution in [-0.4, -0.2) is 21.1 Å². The summed E-state index contributed by atoms with van der Waals surface area (Å²) in [6, 6.07) is 7.42. The highest BCUT2D eigenvalue weighted by Gasteiger charge is 2.03. The van der Waals surface area contributed by atoms with Gasteiger partial charge in [0.2, 0.25) is 0 Å². The van der Waals surface area contributed by atoms with Gasteiger partial charge in [-0.25, -0.2) is 9.97 Å². The number of hydrogen-bond acceptors (Lipinski definition) is 4. The summed E-state index contributed by atoms with van der Waals surface area (Å²) >= 11 is 0. The number of anilines is 1. The van der Waals surface area contributed by atoms with Crippen LogP contribution >= 0.6 is 0 Å². The average molecular weight is 241 g/mol. The Labute approximate surface area is 106 Å². The van der Waals surface area contributed by atoms with Crippen molar-refractivity contribution >= 4 is 5.82 Å². The van der Waals surface area contributed by atoms with E-state index in [2.05, 4.69) is 22.2 Å². The Kier molecular flexibility index (Phi) is 3.92. The monoisotopic (exact) mass is 241 g/mol. The summed E-state index contributed by atoms with van der Waals surface area (Å²) in [7, 11) is 0. The molecule has 0 amide bonds. The van der Waals surface area contributed by atoms with E-state index in [1.165, 1.54) is 0 Å². The van der Waals surface area contributed by atoms with Crippen molar-refractivity contribution in [3.05, 3.63) is 42.6 Å². The number of hydrogen-bond donors (Lipinski definition) is 1. The van der Waals surface area contributed by atoms with Crippen LogP contribution in [0.3, 0.4) is 0 Å². The molecule has 2 heterocycles. The molecule has 1 N–H and O–H groups in total. The molecule has 1 atom stereocenters. The molecular formula is C13H15N5. The van der Waals surface area contributed by atoms with Crippen molar-refractivity contribution in [1.82, 2.24) is 14.5 Å². The first-order valence-corrected chi connectivity index (χ1v) is 5.84. The first kappa shape index (κ1) is 12.1. The molecule has 0 aromatic carbocycles. The molecular weight excluding hydrogens is 226 g/mol. The van der Waals surface area contributed by atoms with Crippen molar-refractivity contribution in [2.45, 2.75) is 13.5 Å². The molecule has 1 unspecified atom stereocenters. The Morgan fingerprint density at radius 1 is 1.50 bits per heavy atom. The standard InChI is InChI=1S/C13H15N5/c1-11(9-18-6-5-15-10-18)8-16-13-4-2-3-12(7-14)17-13/h2-6,10-11H,8-9H2,1H3,(H,16,17). The number of rotatable bonds is 5. The molecule has 5 heteroatoms. The highest BCUT2D eigenvalue weighted by Crippen LogP contribution is 2.06. The van der Waals surface area contributed by atoms with Crippen molar-refractivity contribution < 1.29 is 0 Å². The maximum absolute atomic E-state index is 8.76. The predicted octanol–water partition coefficient (Wildman–Crippen LogP) is 1.90. The van der Waals surface area contributed by atoms with Crippen LogP contribution in [0.25, 0.3) is 0 Å². The molecule has 0 aliphatic rings. The molecule has 0 radical (unpaired) electrons. The first-order chi connectivity index (χ1) is 8.78. The lowest BCUT2D eigenvalue weighted by Crippen LogP contribution is -2.17. The van der Waals surface area contributed by atoms with E-state index in [1.54, 1.807) is 12.3 Å². The van der Waals surface area contributed by atoms with E-state index in [1.807, 2.05) is 35.3 Å². The second kappa shape index (κ2) is 5.82. The molecule has 0 saturated heterocycles. The molecule has 92 valence electrons. The van der Waals surface area contributed by atoms with E-state index < -0.39 is 0 Å². The molecule has 5 nitrogen and oxygen atoms in total. The molecule has 0 aliphatic heterocycles. The summed E-state index contributed by atoms with van der Waals surface area (Å²) < 4.78 is 2.05. The third-order valence-corrected chi connectivity index (χ3v) is 2.58. The van der Waals surface area contributed by atoms with Gasteiger partial charge in [0.25, 0.3) is 0 Å². The second-order valence-corrected chi connectivity index (χ2v) is 4.27. The number of nitrogens with zero attached hydrogens (tertiary/aromatic N) is 4. The minimum absolute atomic E-state index is 0.433. The smallest absolute Gasteiger partial charge is 0.142 e. The summed E-state index contributed by atoms with van der Waals surface area (Å²) in [5.41, 5.74) is 0.433. The zero-order valence-corrected chi connectivity index (χ0v) is 10.2. The van der Waals surface area contributed by atoms with E-state index in [-0.39, 0.29) is 0 Å². The fraction of sp³-hybridized carbons (Fsp3) is 0.308. The summed E-state index contributed by atoms with van der Waals surface area (Å²) in [5.74, 6) is 1.19. The average Bonchev–Trinajstić information content (AvgIpc) is 2.89. The molecule has 2 aromatic rings. The Balaban J connectivity index is 1.85. The summed E-state index contributed by atoms with van der Waals surface area (Å²) in [6.45, 7) is 3.87. The van der Waals surface area contributed by atoms with Gasteiger partial charge in [0.05, 0.1) is 6.33 Å². The van der Waals surface area contributed by atoms with Crippen LogP contribution < -0.4 is 5.32 Å². The number of aromatic nitrogens is 3. The highest BCUT2D eigenvalue weighted by molar-refractivity contribution is 5.38. The quantitative estimate of drug-likeness (QED) is 0.868. The normalized spacial score (nSPS) is 11.8. The van der Waals surface area contributed by atoms with Gasteiger partial charge in [0, 0.05) is 25.5 Å². The zero-order valence-electron chi connectivity index (χ0n) is 10.2. The SMILES string of the molecule is CC(CNc1cccc(C#N)n1)Cn1ccnc1. The van der Waals surface area contributed by atoms with E-state index >= 15 is 0 Å². The molecule has 2 rings (SSSR count). The van der Waals surface area contributed by atoms with Crippen LogP contribution in [0.2, 0.25) is 0 Å². The van der Waals surface area contributed by atoms with Gasteiger partial charge in [-0.15, -0.1) is 0 Å². The summed E-state index contributed by atoms with van der Waals surface area (Å²) in [6.07, 6.45) is 5.54. The Morgan fingerprint density at radius 2 is 2.39 bits per heavy atom. The zero-order chi connectivity index (χ0) is 12.8. The van der Waals surface area contributed by atoms with E-state index in [0.717, 1.165) is 18.9 Å². The number of nitriles is 1. The molecule has 0 aliphatic carbocycles. The van der Waals surface area contributed by atoms with Crippen molar-refractivity contribution in [3.8, 4) is 6.07 Å². The van der Waals surface area contributed by atoms with Gasteiger partial charge in [0.15, 0.2) is 0 Å². The third-order valence-electron chi connectivity index (χ3n) is 2.58. The van der Waals surface area contributed by atoms with Crippen LogP contribution in [0.4, 0.5) is 5.82 Å². The summed E-state index contributed by atoms with van der Waals surface area (Å²) in [4.78, 5) is 8.18. The number of imidazole rings is 1. The fourth-order valence-corrected chi connectivity index (χ4v) is 1.69. The van der Waals surface area contributed by atoms with E-state index in [9.17, 15) is 0 Å². The van der Waals surface area contributed by atoms with Gasteiger partial charge >= 0.3 is 0 Å². The topological polar surface area (TPSA) is 66.5 Å². The van der Waals surface area contributed by atoms with Crippen LogP contribution in [0.15, 0.2) is 36.9 Å². The van der Waals surface area contributed by atoms with Crippen molar-refractivity contribution in [1.29, 1.82) is 5.26 Å². The van der Waals surface area contributed by atoms with Crippen molar-refractivity contribution in [2.75, 3.05) is 11.9 Å². The Hall–Kier alpha value is -2.35. The van der Waals surface area contributed by atoms with Crippen LogP contribution in [0, 0.1) is 17.2 Å². The van der Waals surface area contributed by atoms with Gasteiger partial charge < -0.3 is 9.88 Å². The first-order valence-electron chi connectivity index (χ1n) is 5.84. The lowest BCUT2D eigenvalue weighted by Gasteiger charge is -2.13. The second-order valence-electron chi connectivity index (χ2n) is 4.27. The molecule has 18 heavy (non-hydrogen) atoms. The molecule has 0 spiro atoms. The summed E-state index contributed by atoms with van der Waals surface area (Å²) in [5, 5.41) is 12.0. The van der Waals surface area contributed by atoms with Gasteiger partial charge in [-0.3, -0.25) is 0 Å². The van der Waals surface area contributed by atoms with E-state index in [4.69, 9.17) is 5.26 Å². The van der Waals surface area contributed by atoms with Crippen molar-refractivity contribution in [2.24, 2.45) is 5.92 Å². The maximum Gasteiger partial charge on any atom is 0.142 e.